The van der Waals surface area contributed by atoms with Gasteiger partial charge in [-0.2, -0.15) is 4.31 Å². The summed E-state index contributed by atoms with van der Waals surface area (Å²) in [6.07, 6.45) is 1.95. The van der Waals surface area contributed by atoms with Gasteiger partial charge in [0.2, 0.25) is 10.0 Å². The van der Waals surface area contributed by atoms with Crippen molar-refractivity contribution in [3.05, 3.63) is 17.6 Å². The Balaban J connectivity index is 2.34. The molecule has 0 amide bonds. The fraction of sp³-hybridized carbons (Fsp3) is 0.692. The Morgan fingerprint density at radius 2 is 2.16 bits per heavy atom. The Morgan fingerprint density at radius 1 is 1.47 bits per heavy atom. The quantitative estimate of drug-likeness (QED) is 0.920. The first-order valence-electron chi connectivity index (χ1n) is 6.56. The number of aryl methyl sites for hydroxylation is 1. The molecule has 1 aliphatic heterocycles. The van der Waals surface area contributed by atoms with Crippen molar-refractivity contribution in [1.29, 1.82) is 0 Å². The maximum atomic E-state index is 12.7. The Morgan fingerprint density at radius 3 is 2.68 bits per heavy atom. The maximum absolute atomic E-state index is 12.7. The number of sulfonamides is 1. The van der Waals surface area contributed by atoms with Gasteiger partial charge in [-0.15, -0.1) is 0 Å². The summed E-state index contributed by atoms with van der Waals surface area (Å²) in [5, 5.41) is 0. The van der Waals surface area contributed by atoms with Crippen LogP contribution in [0, 0.1) is 12.3 Å². The standard InChI is InChI=1S/C13H22N2O3S/c1-10-12(7-11(8-14)18-10)19(16,17)15-6-4-5-13(2,3)9-15/h7H,4-6,8-9,14H2,1-3H3. The van der Waals surface area contributed by atoms with Gasteiger partial charge >= 0.3 is 0 Å². The number of hydrogen-bond donors (Lipinski definition) is 1. The first-order chi connectivity index (χ1) is 8.76. The molecule has 0 spiro atoms. The van der Waals surface area contributed by atoms with Crippen molar-refractivity contribution in [3.8, 4) is 0 Å². The van der Waals surface area contributed by atoms with Crippen LogP contribution >= 0.6 is 0 Å². The zero-order chi connectivity index (χ0) is 14.3. The molecule has 2 rings (SSSR count). The second-order valence-corrected chi connectivity index (χ2v) is 7.85. The van der Waals surface area contributed by atoms with E-state index < -0.39 is 10.0 Å². The number of nitrogens with two attached hydrogens (primary N) is 1. The van der Waals surface area contributed by atoms with E-state index in [2.05, 4.69) is 13.8 Å². The summed E-state index contributed by atoms with van der Waals surface area (Å²) >= 11 is 0. The van der Waals surface area contributed by atoms with Crippen LogP contribution in [0.2, 0.25) is 0 Å². The van der Waals surface area contributed by atoms with Gasteiger partial charge in [0.15, 0.2) is 0 Å². The van der Waals surface area contributed by atoms with Crippen LogP contribution in [0.3, 0.4) is 0 Å². The van der Waals surface area contributed by atoms with Gasteiger partial charge in [0.1, 0.15) is 16.4 Å². The summed E-state index contributed by atoms with van der Waals surface area (Å²) in [5.41, 5.74) is 5.52. The largest absolute Gasteiger partial charge is 0.464 e. The molecule has 0 aliphatic carbocycles. The maximum Gasteiger partial charge on any atom is 0.246 e. The van der Waals surface area contributed by atoms with E-state index in [1.54, 1.807) is 17.3 Å². The van der Waals surface area contributed by atoms with Crippen LogP contribution in [0.4, 0.5) is 0 Å². The SMILES string of the molecule is Cc1oc(CN)cc1S(=O)(=O)N1CCCC(C)(C)C1. The summed E-state index contributed by atoms with van der Waals surface area (Å²) in [6.45, 7) is 7.21. The first kappa shape index (κ1) is 14.6. The normalized spacial score (nSPS) is 20.6. The lowest BCUT2D eigenvalue weighted by molar-refractivity contribution is 0.187. The molecule has 19 heavy (non-hydrogen) atoms. The van der Waals surface area contributed by atoms with Crippen molar-refractivity contribution in [2.24, 2.45) is 11.1 Å². The minimum absolute atomic E-state index is 0.0274. The van der Waals surface area contributed by atoms with Crippen LogP contribution in [-0.2, 0) is 16.6 Å². The van der Waals surface area contributed by atoms with Crippen molar-refractivity contribution in [2.75, 3.05) is 13.1 Å². The van der Waals surface area contributed by atoms with E-state index in [9.17, 15) is 8.42 Å². The molecular formula is C13H22N2O3S. The molecule has 1 aromatic heterocycles. The molecule has 1 aromatic rings. The minimum Gasteiger partial charge on any atom is -0.464 e. The van der Waals surface area contributed by atoms with Crippen LogP contribution in [0.1, 0.15) is 38.2 Å². The number of hydrogen-bond acceptors (Lipinski definition) is 4. The molecule has 108 valence electrons. The van der Waals surface area contributed by atoms with Crippen molar-refractivity contribution in [2.45, 2.75) is 45.1 Å². The van der Waals surface area contributed by atoms with Crippen LogP contribution in [-0.4, -0.2) is 25.8 Å². The van der Waals surface area contributed by atoms with Crippen molar-refractivity contribution < 1.29 is 12.8 Å². The van der Waals surface area contributed by atoms with Gasteiger partial charge in [-0.3, -0.25) is 0 Å². The summed E-state index contributed by atoms with van der Waals surface area (Å²) < 4.78 is 32.2. The van der Waals surface area contributed by atoms with E-state index in [0.717, 1.165) is 12.8 Å². The van der Waals surface area contributed by atoms with Gasteiger partial charge in [0.25, 0.3) is 0 Å². The topological polar surface area (TPSA) is 76.5 Å². The van der Waals surface area contributed by atoms with Crippen molar-refractivity contribution in [1.82, 2.24) is 4.31 Å². The number of furan rings is 1. The van der Waals surface area contributed by atoms with Gasteiger partial charge < -0.3 is 10.2 Å². The van der Waals surface area contributed by atoms with E-state index in [-0.39, 0.29) is 16.9 Å². The molecule has 1 fully saturated rings. The lowest BCUT2D eigenvalue weighted by Crippen LogP contribution is -2.43. The molecule has 1 aliphatic rings. The monoisotopic (exact) mass is 286 g/mol. The molecule has 2 N–H and O–H groups in total. The lowest BCUT2D eigenvalue weighted by atomic mass is 9.85. The van der Waals surface area contributed by atoms with Gasteiger partial charge in [-0.25, -0.2) is 8.42 Å². The summed E-state index contributed by atoms with van der Waals surface area (Å²) in [7, 11) is -3.47. The predicted octanol–water partition coefficient (Wildman–Crippen LogP) is 1.86. The van der Waals surface area contributed by atoms with E-state index in [0.29, 0.717) is 24.6 Å². The molecule has 1 saturated heterocycles. The van der Waals surface area contributed by atoms with Crippen molar-refractivity contribution in [3.63, 3.8) is 0 Å². The van der Waals surface area contributed by atoms with E-state index >= 15 is 0 Å². The zero-order valence-corrected chi connectivity index (χ0v) is 12.6. The second-order valence-electron chi connectivity index (χ2n) is 5.94. The van der Waals surface area contributed by atoms with Gasteiger partial charge in [-0.1, -0.05) is 13.8 Å². The molecular weight excluding hydrogens is 264 g/mol. The fourth-order valence-corrected chi connectivity index (χ4v) is 4.45. The van der Waals surface area contributed by atoms with Crippen LogP contribution in [0.25, 0.3) is 0 Å². The van der Waals surface area contributed by atoms with Crippen LogP contribution in [0.15, 0.2) is 15.4 Å². The van der Waals surface area contributed by atoms with Crippen LogP contribution < -0.4 is 5.73 Å². The predicted molar refractivity (Wildman–Crippen MR) is 73.1 cm³/mol. The molecule has 0 unspecified atom stereocenters. The lowest BCUT2D eigenvalue weighted by Gasteiger charge is -2.37. The van der Waals surface area contributed by atoms with Crippen LogP contribution in [0.5, 0.6) is 0 Å². The molecule has 2 heterocycles. The average Bonchev–Trinajstić information content (AvgIpc) is 2.70. The Bertz CT molecular complexity index is 560. The third-order valence-electron chi connectivity index (χ3n) is 3.61. The number of piperidine rings is 1. The number of nitrogens with zero attached hydrogens (tertiary/aromatic N) is 1. The van der Waals surface area contributed by atoms with E-state index in [1.165, 1.54) is 0 Å². The first-order valence-corrected chi connectivity index (χ1v) is 8.00. The Hall–Kier alpha value is -0.850. The summed E-state index contributed by atoms with van der Waals surface area (Å²) in [4.78, 5) is 0.255. The zero-order valence-electron chi connectivity index (χ0n) is 11.8. The highest BCUT2D eigenvalue weighted by atomic mass is 32.2. The third-order valence-corrected chi connectivity index (χ3v) is 5.56. The number of rotatable bonds is 3. The average molecular weight is 286 g/mol. The highest BCUT2D eigenvalue weighted by Gasteiger charge is 2.35. The Kier molecular flexibility index (Phi) is 3.77. The highest BCUT2D eigenvalue weighted by molar-refractivity contribution is 7.89. The van der Waals surface area contributed by atoms with Gasteiger partial charge in [0, 0.05) is 19.2 Å². The van der Waals surface area contributed by atoms with Crippen molar-refractivity contribution >= 4 is 10.0 Å². The third kappa shape index (κ3) is 2.85. The molecule has 6 heteroatoms. The second kappa shape index (κ2) is 4.92. The van der Waals surface area contributed by atoms with Gasteiger partial charge in [0.05, 0.1) is 6.54 Å². The molecule has 5 nitrogen and oxygen atoms in total. The van der Waals surface area contributed by atoms with E-state index in [4.69, 9.17) is 10.2 Å². The van der Waals surface area contributed by atoms with E-state index in [1.807, 2.05) is 0 Å². The summed E-state index contributed by atoms with van der Waals surface area (Å²) in [6, 6.07) is 1.55. The molecule has 0 aromatic carbocycles. The molecule has 0 saturated carbocycles. The molecule has 0 radical (unpaired) electrons. The fourth-order valence-electron chi connectivity index (χ4n) is 2.59. The molecule has 0 atom stereocenters. The molecule has 0 bridgehead atoms. The Labute approximate surface area is 114 Å². The summed E-state index contributed by atoms with van der Waals surface area (Å²) in [5.74, 6) is 0.927. The smallest absolute Gasteiger partial charge is 0.246 e. The van der Waals surface area contributed by atoms with Gasteiger partial charge in [-0.05, 0) is 25.2 Å². The highest BCUT2D eigenvalue weighted by Crippen LogP contribution is 2.33. The minimum atomic E-state index is -3.47.